The van der Waals surface area contributed by atoms with E-state index in [9.17, 15) is 4.79 Å². The molecule has 1 fully saturated rings. The molecule has 0 spiro atoms. The lowest BCUT2D eigenvalue weighted by Crippen LogP contribution is -2.45. The normalized spacial score (nSPS) is 40.7. The van der Waals surface area contributed by atoms with Crippen LogP contribution in [0.4, 0.5) is 4.79 Å². The number of allylic oxidation sites excluding steroid dienone is 4. The number of urea groups is 1. The molecule has 0 aromatic heterocycles. The van der Waals surface area contributed by atoms with Gasteiger partial charge in [0.1, 0.15) is 0 Å². The third-order valence-electron chi connectivity index (χ3n) is 3.33. The number of hydrazone groups is 1. The van der Waals surface area contributed by atoms with Crippen molar-refractivity contribution in [3.8, 4) is 0 Å². The quantitative estimate of drug-likeness (QED) is 0.461. The third-order valence-corrected chi connectivity index (χ3v) is 3.33. The third kappa shape index (κ3) is 0.828. The van der Waals surface area contributed by atoms with Gasteiger partial charge < -0.3 is 5.73 Å². The molecular weight excluding hydrogens is 178 g/mol. The van der Waals surface area contributed by atoms with Crippen LogP contribution >= 0.6 is 0 Å². The topological polar surface area (TPSA) is 67.5 Å². The summed E-state index contributed by atoms with van der Waals surface area (Å²) < 4.78 is 0. The van der Waals surface area contributed by atoms with Crippen molar-refractivity contribution in [3.05, 3.63) is 24.3 Å². The van der Waals surface area contributed by atoms with Crippen molar-refractivity contribution in [2.24, 2.45) is 34.5 Å². The molecular formula is C10H11N3O. The van der Waals surface area contributed by atoms with Gasteiger partial charge in [-0.05, 0) is 11.8 Å². The van der Waals surface area contributed by atoms with Crippen LogP contribution in [0.3, 0.4) is 0 Å². The zero-order valence-corrected chi connectivity index (χ0v) is 7.55. The molecule has 0 radical (unpaired) electrons. The maximum Gasteiger partial charge on any atom is 0.332 e. The molecule has 0 aromatic rings. The minimum absolute atomic E-state index is 0.423. The molecule has 3 aliphatic rings. The summed E-state index contributed by atoms with van der Waals surface area (Å²) in [7, 11) is 0. The Morgan fingerprint density at radius 1 is 1.29 bits per heavy atom. The number of carbonyl (C=O) groups excluding carboxylic acids is 1. The number of hydrogen-bond donors (Lipinski definition) is 2. The van der Waals surface area contributed by atoms with Crippen LogP contribution in [-0.2, 0) is 0 Å². The van der Waals surface area contributed by atoms with Crippen molar-refractivity contribution in [1.82, 2.24) is 5.43 Å². The van der Waals surface area contributed by atoms with Crippen LogP contribution in [0.2, 0.25) is 0 Å². The molecule has 14 heavy (non-hydrogen) atoms. The smallest absolute Gasteiger partial charge is 0.332 e. The van der Waals surface area contributed by atoms with Crippen LogP contribution in [0.5, 0.6) is 0 Å². The Kier molecular flexibility index (Phi) is 1.37. The van der Waals surface area contributed by atoms with Gasteiger partial charge in [-0.1, -0.05) is 24.3 Å². The van der Waals surface area contributed by atoms with Gasteiger partial charge in [-0.2, -0.15) is 5.10 Å². The molecule has 0 bridgehead atoms. The van der Waals surface area contributed by atoms with E-state index in [0.717, 1.165) is 5.71 Å². The standard InChI is InChI=1S/C10H11N3O/c11-10(14)13-12-9-6-3-1-5-2-4-7(9)8(5)6/h1-8H,(H3,11,13,14). The highest BCUT2D eigenvalue weighted by Crippen LogP contribution is 2.53. The average molecular weight is 189 g/mol. The monoisotopic (exact) mass is 189 g/mol. The Hall–Kier alpha value is -1.58. The largest absolute Gasteiger partial charge is 0.350 e. The lowest BCUT2D eigenvalue weighted by Gasteiger charge is -2.38. The van der Waals surface area contributed by atoms with E-state index in [2.05, 4.69) is 34.8 Å². The van der Waals surface area contributed by atoms with Crippen LogP contribution < -0.4 is 11.2 Å². The number of amides is 2. The van der Waals surface area contributed by atoms with E-state index in [0.29, 0.717) is 23.7 Å². The summed E-state index contributed by atoms with van der Waals surface area (Å²) in [6.45, 7) is 0. The second-order valence-corrected chi connectivity index (χ2v) is 3.99. The van der Waals surface area contributed by atoms with E-state index in [-0.39, 0.29) is 0 Å². The summed E-state index contributed by atoms with van der Waals surface area (Å²) >= 11 is 0. The minimum Gasteiger partial charge on any atom is -0.350 e. The van der Waals surface area contributed by atoms with Gasteiger partial charge in [0.25, 0.3) is 0 Å². The van der Waals surface area contributed by atoms with E-state index in [1.807, 2.05) is 0 Å². The van der Waals surface area contributed by atoms with Crippen molar-refractivity contribution in [2.45, 2.75) is 0 Å². The summed E-state index contributed by atoms with van der Waals surface area (Å²) in [6, 6.07) is -0.596. The summed E-state index contributed by atoms with van der Waals surface area (Å²) in [4.78, 5) is 10.5. The number of nitrogens with zero attached hydrogens (tertiary/aromatic N) is 1. The van der Waals surface area contributed by atoms with Crippen LogP contribution in [0.1, 0.15) is 0 Å². The van der Waals surface area contributed by atoms with Gasteiger partial charge in [0.2, 0.25) is 0 Å². The molecule has 2 unspecified atom stereocenters. The first kappa shape index (κ1) is 7.79. The summed E-state index contributed by atoms with van der Waals surface area (Å²) in [6.07, 6.45) is 8.80. The molecule has 3 N–H and O–H groups in total. The predicted molar refractivity (Wildman–Crippen MR) is 52.4 cm³/mol. The second kappa shape index (κ2) is 2.47. The Bertz CT molecular complexity index is 359. The van der Waals surface area contributed by atoms with Crippen LogP contribution in [0, 0.1) is 23.7 Å². The highest BCUT2D eigenvalue weighted by Gasteiger charge is 2.53. The maximum absolute atomic E-state index is 10.5. The highest BCUT2D eigenvalue weighted by molar-refractivity contribution is 6.00. The molecule has 0 aromatic carbocycles. The van der Waals surface area contributed by atoms with E-state index in [4.69, 9.17) is 5.73 Å². The van der Waals surface area contributed by atoms with E-state index < -0.39 is 6.03 Å². The van der Waals surface area contributed by atoms with Gasteiger partial charge in [-0.3, -0.25) is 0 Å². The fourth-order valence-electron chi connectivity index (χ4n) is 2.74. The van der Waals surface area contributed by atoms with Crippen molar-refractivity contribution < 1.29 is 4.79 Å². The molecule has 72 valence electrons. The molecule has 2 amide bonds. The molecule has 1 saturated carbocycles. The van der Waals surface area contributed by atoms with Crippen LogP contribution in [-0.4, -0.2) is 11.7 Å². The lowest BCUT2D eigenvalue weighted by molar-refractivity contribution is 0.248. The molecule has 2 atom stereocenters. The Morgan fingerprint density at radius 2 is 1.93 bits per heavy atom. The van der Waals surface area contributed by atoms with Gasteiger partial charge in [0, 0.05) is 11.8 Å². The molecule has 3 rings (SSSR count). The Labute approximate surface area is 81.5 Å². The first-order valence-corrected chi connectivity index (χ1v) is 4.77. The van der Waals surface area contributed by atoms with Gasteiger partial charge in [-0.25, -0.2) is 10.2 Å². The molecule has 3 aliphatic carbocycles. The van der Waals surface area contributed by atoms with E-state index in [1.54, 1.807) is 0 Å². The van der Waals surface area contributed by atoms with Gasteiger partial charge in [0.15, 0.2) is 0 Å². The number of rotatable bonds is 1. The van der Waals surface area contributed by atoms with Gasteiger partial charge in [-0.15, -0.1) is 0 Å². The van der Waals surface area contributed by atoms with Crippen molar-refractivity contribution in [2.75, 3.05) is 0 Å². The zero-order valence-electron chi connectivity index (χ0n) is 7.55. The molecule has 0 aliphatic heterocycles. The van der Waals surface area contributed by atoms with Crippen LogP contribution in [0.25, 0.3) is 0 Å². The summed E-state index contributed by atoms with van der Waals surface area (Å²) in [5, 5.41) is 4.04. The lowest BCUT2D eigenvalue weighted by atomic mass is 9.65. The Balaban J connectivity index is 1.84. The highest BCUT2D eigenvalue weighted by atomic mass is 16.2. The van der Waals surface area contributed by atoms with Gasteiger partial charge >= 0.3 is 6.03 Å². The number of hydrogen-bond acceptors (Lipinski definition) is 2. The number of nitrogens with two attached hydrogens (primary N) is 1. The number of primary amides is 1. The van der Waals surface area contributed by atoms with Crippen LogP contribution in [0.15, 0.2) is 29.4 Å². The number of carbonyl (C=O) groups is 1. The molecule has 4 heteroatoms. The van der Waals surface area contributed by atoms with Crippen molar-refractivity contribution in [3.63, 3.8) is 0 Å². The summed E-state index contributed by atoms with van der Waals surface area (Å²) in [5.74, 6) is 2.11. The van der Waals surface area contributed by atoms with Crippen molar-refractivity contribution in [1.29, 1.82) is 0 Å². The van der Waals surface area contributed by atoms with E-state index in [1.165, 1.54) is 0 Å². The van der Waals surface area contributed by atoms with E-state index >= 15 is 0 Å². The summed E-state index contributed by atoms with van der Waals surface area (Å²) in [5.41, 5.74) is 8.31. The van der Waals surface area contributed by atoms with Gasteiger partial charge in [0.05, 0.1) is 5.71 Å². The number of nitrogens with one attached hydrogen (secondary N) is 1. The van der Waals surface area contributed by atoms with Crippen molar-refractivity contribution >= 4 is 11.7 Å². The fourth-order valence-corrected chi connectivity index (χ4v) is 2.74. The maximum atomic E-state index is 10.5. The first-order chi connectivity index (χ1) is 6.77. The fraction of sp³-hybridized carbons (Fsp3) is 0.400. The predicted octanol–water partition coefficient (Wildman–Crippen LogP) is 0.629. The average Bonchev–Trinajstić information content (AvgIpc) is 2.55. The first-order valence-electron chi connectivity index (χ1n) is 4.77. The second-order valence-electron chi connectivity index (χ2n) is 3.99. The molecule has 4 nitrogen and oxygen atoms in total. The Morgan fingerprint density at radius 3 is 2.50 bits per heavy atom. The molecule has 0 heterocycles. The SMILES string of the molecule is NC(=O)NN=C1C2C=CC3C=CC1C32. The zero-order chi connectivity index (χ0) is 9.71. The molecule has 0 saturated heterocycles. The minimum atomic E-state index is -0.596.